The molecule has 2 nitrogen and oxygen atoms in total. The summed E-state index contributed by atoms with van der Waals surface area (Å²) in [5, 5.41) is 8.66. The first-order valence-electron chi connectivity index (χ1n) is 8.14. The molecule has 0 saturated carbocycles. The summed E-state index contributed by atoms with van der Waals surface area (Å²) in [6, 6.07) is 0. The topological polar surface area (TPSA) is 32.8 Å². The van der Waals surface area contributed by atoms with Gasteiger partial charge in [-0.2, -0.15) is 0 Å². The highest BCUT2D eigenvalue weighted by Gasteiger charge is 2.36. The van der Waals surface area contributed by atoms with Crippen LogP contribution in [0.5, 0.6) is 0 Å². The average molecular weight is 256 g/mol. The van der Waals surface area contributed by atoms with Crippen LogP contribution in [0, 0.1) is 0 Å². The zero-order valence-corrected chi connectivity index (χ0v) is 12.2. The average Bonchev–Trinajstić information content (AvgIpc) is 3.13. The van der Waals surface area contributed by atoms with Gasteiger partial charge in [0.1, 0.15) is 0 Å². The second-order valence-electron chi connectivity index (χ2n) is 5.70. The van der Waals surface area contributed by atoms with Crippen LogP contribution in [-0.2, 0) is 4.74 Å². The lowest BCUT2D eigenvalue weighted by molar-refractivity contribution is 0.282. The largest absolute Gasteiger partial charge is 0.396 e. The zero-order chi connectivity index (χ0) is 13.1. The van der Waals surface area contributed by atoms with Gasteiger partial charge in [-0.3, -0.25) is 0 Å². The molecule has 2 atom stereocenters. The molecular weight excluding hydrogens is 224 g/mol. The van der Waals surface area contributed by atoms with E-state index in [2.05, 4.69) is 6.92 Å². The van der Waals surface area contributed by atoms with Gasteiger partial charge >= 0.3 is 0 Å². The van der Waals surface area contributed by atoms with Crippen molar-refractivity contribution in [1.82, 2.24) is 0 Å². The van der Waals surface area contributed by atoms with E-state index in [1.165, 1.54) is 70.6 Å². The minimum absolute atomic E-state index is 0.362. The Kier molecular flexibility index (Phi) is 9.59. The fourth-order valence-electron chi connectivity index (χ4n) is 2.61. The molecular formula is C16H32O2. The van der Waals surface area contributed by atoms with E-state index in [1.54, 1.807) is 0 Å². The van der Waals surface area contributed by atoms with Gasteiger partial charge in [0.15, 0.2) is 0 Å². The Labute approximate surface area is 113 Å². The van der Waals surface area contributed by atoms with Gasteiger partial charge < -0.3 is 9.84 Å². The van der Waals surface area contributed by atoms with E-state index in [0.717, 1.165) is 6.42 Å². The normalized spacial score (nSPS) is 22.3. The molecule has 1 aliphatic rings. The maximum absolute atomic E-state index is 8.66. The summed E-state index contributed by atoms with van der Waals surface area (Å²) in [7, 11) is 0. The van der Waals surface area contributed by atoms with Crippen LogP contribution in [0.1, 0.15) is 84.0 Å². The molecule has 1 aliphatic heterocycles. The number of hydrogen-bond acceptors (Lipinski definition) is 2. The fourth-order valence-corrected chi connectivity index (χ4v) is 2.61. The van der Waals surface area contributed by atoms with Gasteiger partial charge in [-0.15, -0.1) is 0 Å². The Morgan fingerprint density at radius 2 is 1.22 bits per heavy atom. The molecule has 108 valence electrons. The quantitative estimate of drug-likeness (QED) is 0.390. The summed E-state index contributed by atoms with van der Waals surface area (Å²) in [6.07, 6.45) is 16.7. The zero-order valence-electron chi connectivity index (χ0n) is 12.2. The first-order valence-corrected chi connectivity index (χ1v) is 8.14. The van der Waals surface area contributed by atoms with Gasteiger partial charge in [0, 0.05) is 6.61 Å². The number of rotatable bonds is 13. The predicted octanol–water partition coefficient (Wildman–Crippen LogP) is 4.45. The summed E-state index contributed by atoms with van der Waals surface area (Å²) < 4.78 is 5.67. The van der Waals surface area contributed by atoms with Gasteiger partial charge in [-0.25, -0.2) is 0 Å². The predicted molar refractivity (Wildman–Crippen MR) is 76.8 cm³/mol. The third-order valence-electron chi connectivity index (χ3n) is 3.93. The summed E-state index contributed by atoms with van der Waals surface area (Å²) in [5.74, 6) is 0. The smallest absolute Gasteiger partial charge is 0.0841 e. The number of ether oxygens (including phenoxy) is 1. The molecule has 1 N–H and O–H groups in total. The van der Waals surface area contributed by atoms with Gasteiger partial charge in [0.2, 0.25) is 0 Å². The summed E-state index contributed by atoms with van der Waals surface area (Å²) >= 11 is 0. The van der Waals surface area contributed by atoms with Crippen molar-refractivity contribution < 1.29 is 9.84 Å². The van der Waals surface area contributed by atoms with Crippen molar-refractivity contribution in [2.24, 2.45) is 0 Å². The number of aliphatic hydroxyl groups excluding tert-OH is 1. The molecule has 1 heterocycles. The molecule has 1 rings (SSSR count). The lowest BCUT2D eigenvalue weighted by Crippen LogP contribution is -1.94. The minimum Gasteiger partial charge on any atom is -0.396 e. The highest BCUT2D eigenvalue weighted by Crippen LogP contribution is 2.31. The van der Waals surface area contributed by atoms with Gasteiger partial charge in [0.05, 0.1) is 12.2 Å². The van der Waals surface area contributed by atoms with Crippen LogP contribution >= 0.6 is 0 Å². The van der Waals surface area contributed by atoms with Crippen molar-refractivity contribution >= 4 is 0 Å². The van der Waals surface area contributed by atoms with Crippen LogP contribution in [0.25, 0.3) is 0 Å². The molecule has 0 spiro atoms. The lowest BCUT2D eigenvalue weighted by Gasteiger charge is -2.01. The van der Waals surface area contributed by atoms with Gasteiger partial charge in [-0.1, -0.05) is 64.7 Å². The Balaban J connectivity index is 1.72. The van der Waals surface area contributed by atoms with Crippen LogP contribution in [0.2, 0.25) is 0 Å². The summed E-state index contributed by atoms with van der Waals surface area (Å²) in [4.78, 5) is 0. The first-order chi connectivity index (χ1) is 8.88. The van der Waals surface area contributed by atoms with Crippen LogP contribution in [0.3, 0.4) is 0 Å². The van der Waals surface area contributed by atoms with E-state index in [0.29, 0.717) is 18.8 Å². The monoisotopic (exact) mass is 256 g/mol. The third kappa shape index (κ3) is 8.10. The molecule has 0 aromatic rings. The van der Waals surface area contributed by atoms with E-state index in [1.807, 2.05) is 0 Å². The SMILES string of the molecule is CCCCC1OC1CCCCCCCCCCO. The van der Waals surface area contributed by atoms with E-state index >= 15 is 0 Å². The Hall–Kier alpha value is -0.0800. The molecule has 0 radical (unpaired) electrons. The maximum Gasteiger partial charge on any atom is 0.0841 e. The summed E-state index contributed by atoms with van der Waals surface area (Å²) in [6.45, 7) is 2.61. The molecule has 1 saturated heterocycles. The van der Waals surface area contributed by atoms with Crippen LogP contribution in [0.4, 0.5) is 0 Å². The molecule has 2 heteroatoms. The number of aliphatic hydroxyl groups is 1. The van der Waals surface area contributed by atoms with Crippen molar-refractivity contribution in [2.45, 2.75) is 96.2 Å². The number of unbranched alkanes of at least 4 members (excludes halogenated alkanes) is 8. The van der Waals surface area contributed by atoms with Crippen LogP contribution in [-0.4, -0.2) is 23.9 Å². The standard InChI is InChI=1S/C16H32O2/c1-2-3-12-15-16(18-15)13-10-8-6-4-5-7-9-11-14-17/h15-17H,2-14H2,1H3. The summed E-state index contributed by atoms with van der Waals surface area (Å²) in [5.41, 5.74) is 0. The van der Waals surface area contributed by atoms with Gasteiger partial charge in [-0.05, 0) is 19.3 Å². The van der Waals surface area contributed by atoms with Gasteiger partial charge in [0.25, 0.3) is 0 Å². The fraction of sp³-hybridized carbons (Fsp3) is 1.00. The molecule has 0 amide bonds. The second-order valence-corrected chi connectivity index (χ2v) is 5.70. The number of epoxide rings is 1. The van der Waals surface area contributed by atoms with Crippen molar-refractivity contribution in [2.75, 3.05) is 6.61 Å². The van der Waals surface area contributed by atoms with Crippen molar-refractivity contribution in [3.8, 4) is 0 Å². The highest BCUT2D eigenvalue weighted by atomic mass is 16.6. The molecule has 1 fully saturated rings. The van der Waals surface area contributed by atoms with Crippen LogP contribution < -0.4 is 0 Å². The lowest BCUT2D eigenvalue weighted by atomic mass is 10.0. The Bertz CT molecular complexity index is 182. The molecule has 0 aromatic carbocycles. The van der Waals surface area contributed by atoms with E-state index < -0.39 is 0 Å². The molecule has 0 bridgehead atoms. The Morgan fingerprint density at radius 3 is 1.78 bits per heavy atom. The van der Waals surface area contributed by atoms with Crippen molar-refractivity contribution in [3.63, 3.8) is 0 Å². The highest BCUT2D eigenvalue weighted by molar-refractivity contribution is 4.84. The van der Waals surface area contributed by atoms with Crippen molar-refractivity contribution in [3.05, 3.63) is 0 Å². The van der Waals surface area contributed by atoms with E-state index in [4.69, 9.17) is 9.84 Å². The molecule has 18 heavy (non-hydrogen) atoms. The second kappa shape index (κ2) is 10.8. The van der Waals surface area contributed by atoms with Crippen molar-refractivity contribution in [1.29, 1.82) is 0 Å². The third-order valence-corrected chi connectivity index (χ3v) is 3.93. The van der Waals surface area contributed by atoms with E-state index in [9.17, 15) is 0 Å². The Morgan fingerprint density at radius 1 is 0.722 bits per heavy atom. The van der Waals surface area contributed by atoms with E-state index in [-0.39, 0.29) is 0 Å². The minimum atomic E-state index is 0.362. The maximum atomic E-state index is 8.66. The first kappa shape index (κ1) is 16.0. The van der Waals surface area contributed by atoms with Crippen LogP contribution in [0.15, 0.2) is 0 Å². The molecule has 2 unspecified atom stereocenters. The molecule has 0 aromatic heterocycles. The molecule has 0 aliphatic carbocycles. The number of hydrogen-bond donors (Lipinski definition) is 1.